The first-order valence-electron chi connectivity index (χ1n) is 6.53. The summed E-state index contributed by atoms with van der Waals surface area (Å²) >= 11 is 1.64. The van der Waals surface area contributed by atoms with Gasteiger partial charge in [-0.2, -0.15) is 0 Å². The second-order valence-electron chi connectivity index (χ2n) is 4.96. The Balaban J connectivity index is 2.34. The Hall–Kier alpha value is -1.55. The van der Waals surface area contributed by atoms with E-state index < -0.39 is 0 Å². The van der Waals surface area contributed by atoms with Crippen LogP contribution in [-0.2, 0) is 0 Å². The molecule has 0 saturated heterocycles. The highest BCUT2D eigenvalue weighted by atomic mass is 32.1. The molecule has 2 aromatic heterocycles. The van der Waals surface area contributed by atoms with Gasteiger partial charge in [0.2, 0.25) is 0 Å². The fraction of sp³-hybridized carbons (Fsp3) is 0.400. The molecule has 1 N–H and O–H groups in total. The number of hydrogen-bond acceptors (Lipinski definition) is 3. The molecule has 0 atom stereocenters. The molecular weight excluding hydrogens is 254 g/mol. The van der Waals surface area contributed by atoms with Gasteiger partial charge in [0.25, 0.3) is 0 Å². The van der Waals surface area contributed by atoms with Crippen LogP contribution in [0.1, 0.15) is 31.3 Å². The van der Waals surface area contributed by atoms with E-state index in [1.165, 1.54) is 17.0 Å². The van der Waals surface area contributed by atoms with Crippen LogP contribution in [-0.4, -0.2) is 16.1 Å². The van der Waals surface area contributed by atoms with Crippen LogP contribution in [0.4, 0.5) is 5.13 Å². The third-order valence-electron chi connectivity index (χ3n) is 3.18. The fourth-order valence-corrected chi connectivity index (χ4v) is 3.19. The van der Waals surface area contributed by atoms with Gasteiger partial charge in [-0.15, -0.1) is 17.9 Å². The zero-order valence-electron chi connectivity index (χ0n) is 12.0. The van der Waals surface area contributed by atoms with Crippen molar-refractivity contribution >= 4 is 16.5 Å². The largest absolute Gasteiger partial charge is 0.358 e. The van der Waals surface area contributed by atoms with Gasteiger partial charge in [0, 0.05) is 34.9 Å². The monoisotopic (exact) mass is 275 g/mol. The predicted molar refractivity (Wildman–Crippen MR) is 84.1 cm³/mol. The number of thiazole rings is 1. The van der Waals surface area contributed by atoms with E-state index in [0.717, 1.165) is 17.4 Å². The van der Waals surface area contributed by atoms with Gasteiger partial charge in [0.05, 0.1) is 5.69 Å². The summed E-state index contributed by atoms with van der Waals surface area (Å²) in [6.07, 6.45) is 1.84. The highest BCUT2D eigenvalue weighted by molar-refractivity contribution is 7.14. The second-order valence-corrected chi connectivity index (χ2v) is 5.81. The number of hydrogen-bond donors (Lipinski definition) is 1. The lowest BCUT2D eigenvalue weighted by Crippen LogP contribution is -2.04. The van der Waals surface area contributed by atoms with Crippen molar-refractivity contribution in [3.63, 3.8) is 0 Å². The minimum Gasteiger partial charge on any atom is -0.358 e. The van der Waals surface area contributed by atoms with Crippen LogP contribution in [0.15, 0.2) is 24.1 Å². The van der Waals surface area contributed by atoms with Crippen molar-refractivity contribution in [1.29, 1.82) is 0 Å². The number of nitrogens with one attached hydrogen (secondary N) is 1. The average Bonchev–Trinajstić information content (AvgIpc) is 2.91. The summed E-state index contributed by atoms with van der Waals surface area (Å²) < 4.78 is 2.35. The molecule has 3 nitrogen and oxygen atoms in total. The molecule has 2 rings (SSSR count). The van der Waals surface area contributed by atoms with Gasteiger partial charge in [-0.05, 0) is 33.8 Å². The van der Waals surface area contributed by atoms with E-state index >= 15 is 0 Å². The Morgan fingerprint density at radius 3 is 2.79 bits per heavy atom. The molecule has 19 heavy (non-hydrogen) atoms. The molecule has 0 bridgehead atoms. The fourth-order valence-electron chi connectivity index (χ4n) is 2.47. The molecule has 0 aliphatic rings. The van der Waals surface area contributed by atoms with E-state index in [-0.39, 0.29) is 0 Å². The molecule has 102 valence electrons. The van der Waals surface area contributed by atoms with Crippen molar-refractivity contribution in [3.8, 4) is 11.3 Å². The lowest BCUT2D eigenvalue weighted by atomic mass is 10.2. The molecule has 0 amide bonds. The minimum absolute atomic E-state index is 0.478. The maximum Gasteiger partial charge on any atom is 0.183 e. The molecule has 2 heterocycles. The van der Waals surface area contributed by atoms with Gasteiger partial charge in [0.15, 0.2) is 5.13 Å². The SMILES string of the molecule is C=CCNc1nc(-c2cc(C)n(C(C)C)c2C)cs1. The van der Waals surface area contributed by atoms with Gasteiger partial charge in [-0.25, -0.2) is 4.98 Å². The number of anilines is 1. The van der Waals surface area contributed by atoms with Crippen molar-refractivity contribution < 1.29 is 0 Å². The van der Waals surface area contributed by atoms with Crippen molar-refractivity contribution in [2.24, 2.45) is 0 Å². The minimum atomic E-state index is 0.478. The smallest absolute Gasteiger partial charge is 0.183 e. The van der Waals surface area contributed by atoms with E-state index in [1.54, 1.807) is 11.3 Å². The number of nitrogens with zero attached hydrogens (tertiary/aromatic N) is 2. The zero-order valence-corrected chi connectivity index (χ0v) is 12.8. The average molecular weight is 275 g/mol. The first-order chi connectivity index (χ1) is 9.04. The van der Waals surface area contributed by atoms with Crippen LogP contribution < -0.4 is 5.32 Å². The van der Waals surface area contributed by atoms with Crippen LogP contribution >= 0.6 is 11.3 Å². The molecule has 2 aromatic rings. The van der Waals surface area contributed by atoms with E-state index in [2.05, 4.69) is 60.6 Å². The highest BCUT2D eigenvalue weighted by Crippen LogP contribution is 2.31. The molecule has 0 radical (unpaired) electrons. The maximum atomic E-state index is 4.64. The first kappa shape index (κ1) is 13.9. The number of aromatic nitrogens is 2. The van der Waals surface area contributed by atoms with Gasteiger partial charge in [0.1, 0.15) is 0 Å². The van der Waals surface area contributed by atoms with Crippen molar-refractivity contribution in [1.82, 2.24) is 9.55 Å². The van der Waals surface area contributed by atoms with Crippen LogP contribution in [0.5, 0.6) is 0 Å². The van der Waals surface area contributed by atoms with E-state index in [9.17, 15) is 0 Å². The molecule has 0 saturated carbocycles. The maximum absolute atomic E-state index is 4.64. The number of rotatable bonds is 5. The topological polar surface area (TPSA) is 29.9 Å². The van der Waals surface area contributed by atoms with Crippen LogP contribution in [0.2, 0.25) is 0 Å². The van der Waals surface area contributed by atoms with Gasteiger partial charge >= 0.3 is 0 Å². The van der Waals surface area contributed by atoms with Crippen LogP contribution in [0, 0.1) is 13.8 Å². The summed E-state index contributed by atoms with van der Waals surface area (Å²) in [5, 5.41) is 6.29. The molecule has 4 heteroatoms. The lowest BCUT2D eigenvalue weighted by molar-refractivity contribution is 0.575. The Bertz CT molecular complexity index is 578. The molecule has 0 aliphatic heterocycles. The normalized spacial score (nSPS) is 11.0. The van der Waals surface area contributed by atoms with Gasteiger partial charge in [-0.3, -0.25) is 0 Å². The van der Waals surface area contributed by atoms with Gasteiger partial charge < -0.3 is 9.88 Å². The molecule has 0 spiro atoms. The Kier molecular flexibility index (Phi) is 4.10. The quantitative estimate of drug-likeness (QED) is 0.819. The summed E-state index contributed by atoms with van der Waals surface area (Å²) in [7, 11) is 0. The van der Waals surface area contributed by atoms with E-state index in [1.807, 2.05) is 6.08 Å². The predicted octanol–water partition coefficient (Wildman–Crippen LogP) is 4.41. The van der Waals surface area contributed by atoms with Gasteiger partial charge in [-0.1, -0.05) is 6.08 Å². The standard InChI is InChI=1S/C15H21N3S/c1-6-7-16-15-17-14(9-19-15)13-8-11(4)18(10(2)3)12(13)5/h6,8-10H,1,7H2,2-5H3,(H,16,17). The Morgan fingerprint density at radius 1 is 1.47 bits per heavy atom. The third-order valence-corrected chi connectivity index (χ3v) is 3.98. The highest BCUT2D eigenvalue weighted by Gasteiger charge is 2.14. The Morgan fingerprint density at radius 2 is 2.21 bits per heavy atom. The summed E-state index contributed by atoms with van der Waals surface area (Å²) in [4.78, 5) is 4.64. The molecule has 0 unspecified atom stereocenters. The Labute approximate surface area is 119 Å². The molecular formula is C15H21N3S. The summed E-state index contributed by atoms with van der Waals surface area (Å²) in [5.41, 5.74) is 4.86. The summed E-state index contributed by atoms with van der Waals surface area (Å²) in [6.45, 7) is 13.2. The lowest BCUT2D eigenvalue weighted by Gasteiger charge is -2.13. The van der Waals surface area contributed by atoms with Crippen LogP contribution in [0.3, 0.4) is 0 Å². The second kappa shape index (κ2) is 5.61. The zero-order chi connectivity index (χ0) is 14.0. The third kappa shape index (κ3) is 2.73. The van der Waals surface area contributed by atoms with Crippen LogP contribution in [0.25, 0.3) is 11.3 Å². The molecule has 0 aliphatic carbocycles. The van der Waals surface area contributed by atoms with E-state index in [0.29, 0.717) is 6.04 Å². The summed E-state index contributed by atoms with van der Waals surface area (Å²) in [6, 6.07) is 2.70. The number of aryl methyl sites for hydroxylation is 1. The molecule has 0 fully saturated rings. The van der Waals surface area contributed by atoms with Crippen molar-refractivity contribution in [2.45, 2.75) is 33.7 Å². The van der Waals surface area contributed by atoms with Crippen molar-refractivity contribution in [2.75, 3.05) is 11.9 Å². The first-order valence-corrected chi connectivity index (χ1v) is 7.41. The summed E-state index contributed by atoms with van der Waals surface area (Å²) in [5.74, 6) is 0. The van der Waals surface area contributed by atoms with E-state index in [4.69, 9.17) is 0 Å². The van der Waals surface area contributed by atoms with Crippen molar-refractivity contribution in [3.05, 3.63) is 35.5 Å². The molecule has 0 aromatic carbocycles.